The summed E-state index contributed by atoms with van der Waals surface area (Å²) in [5.74, 6) is 0.901. The molecule has 1 aromatic carbocycles. The molecule has 0 heterocycles. The molecule has 14 heavy (non-hydrogen) atoms. The Morgan fingerprint density at radius 2 is 2.07 bits per heavy atom. The van der Waals surface area contributed by atoms with Crippen LogP contribution in [0, 0.1) is 6.92 Å². The highest BCUT2D eigenvalue weighted by Gasteiger charge is 2.27. The molecule has 2 nitrogen and oxygen atoms in total. The number of aliphatic hydroxyl groups is 1. The van der Waals surface area contributed by atoms with Crippen molar-refractivity contribution >= 4 is 0 Å². The Morgan fingerprint density at radius 1 is 1.29 bits per heavy atom. The van der Waals surface area contributed by atoms with E-state index in [0.29, 0.717) is 0 Å². The van der Waals surface area contributed by atoms with Crippen LogP contribution < -0.4 is 4.74 Å². The molecule has 1 aliphatic carbocycles. The molecule has 1 aliphatic rings. The molecule has 0 aliphatic heterocycles. The standard InChI is InChI=1S/C12H16O2/c1-9-5-2-3-7-11(9)14-12-8-4-6-10(12)13/h2-3,5,7,10,12-13H,4,6,8H2,1H3/t10-,12-/m0/s1. The summed E-state index contributed by atoms with van der Waals surface area (Å²) in [5, 5.41) is 9.62. The highest BCUT2D eigenvalue weighted by atomic mass is 16.5. The number of ether oxygens (including phenoxy) is 1. The van der Waals surface area contributed by atoms with Gasteiger partial charge in [0, 0.05) is 0 Å². The third-order valence-electron chi connectivity index (χ3n) is 2.79. The molecule has 1 N–H and O–H groups in total. The topological polar surface area (TPSA) is 29.5 Å². The van der Waals surface area contributed by atoms with Gasteiger partial charge in [0.1, 0.15) is 11.9 Å². The molecule has 2 rings (SSSR count). The number of hydrogen-bond acceptors (Lipinski definition) is 2. The van der Waals surface area contributed by atoms with Crippen LogP contribution in [0.4, 0.5) is 0 Å². The fourth-order valence-corrected chi connectivity index (χ4v) is 1.90. The van der Waals surface area contributed by atoms with Gasteiger partial charge in [-0.2, -0.15) is 0 Å². The molecule has 0 amide bonds. The SMILES string of the molecule is Cc1ccccc1O[C@H]1CCC[C@@H]1O. The Hall–Kier alpha value is -1.02. The molecule has 0 saturated heterocycles. The van der Waals surface area contributed by atoms with Gasteiger partial charge in [-0.1, -0.05) is 18.2 Å². The zero-order valence-electron chi connectivity index (χ0n) is 8.44. The summed E-state index contributed by atoms with van der Waals surface area (Å²) in [6.45, 7) is 2.02. The van der Waals surface area contributed by atoms with Crippen LogP contribution in [0.1, 0.15) is 24.8 Å². The fourth-order valence-electron chi connectivity index (χ4n) is 1.90. The van der Waals surface area contributed by atoms with Crippen LogP contribution in [0.5, 0.6) is 5.75 Å². The second-order valence-electron chi connectivity index (χ2n) is 3.92. The van der Waals surface area contributed by atoms with Gasteiger partial charge in [-0.05, 0) is 37.8 Å². The van der Waals surface area contributed by atoms with E-state index in [4.69, 9.17) is 4.74 Å². The molecule has 2 atom stereocenters. The average Bonchev–Trinajstić information content (AvgIpc) is 2.56. The van der Waals surface area contributed by atoms with Gasteiger partial charge >= 0.3 is 0 Å². The minimum absolute atomic E-state index is 0.00361. The number of rotatable bonds is 2. The maximum atomic E-state index is 9.62. The van der Waals surface area contributed by atoms with Crippen molar-refractivity contribution in [3.8, 4) is 5.75 Å². The van der Waals surface area contributed by atoms with E-state index in [2.05, 4.69) is 0 Å². The van der Waals surface area contributed by atoms with E-state index in [1.807, 2.05) is 31.2 Å². The predicted octanol–water partition coefficient (Wildman–Crippen LogP) is 2.29. The van der Waals surface area contributed by atoms with Crippen molar-refractivity contribution in [3.05, 3.63) is 29.8 Å². The van der Waals surface area contributed by atoms with E-state index in [0.717, 1.165) is 30.6 Å². The number of benzene rings is 1. The molecule has 2 heteroatoms. The summed E-state index contributed by atoms with van der Waals surface area (Å²) < 4.78 is 5.77. The lowest BCUT2D eigenvalue weighted by molar-refractivity contribution is 0.0600. The average molecular weight is 192 g/mol. The van der Waals surface area contributed by atoms with Crippen molar-refractivity contribution in [2.24, 2.45) is 0 Å². The van der Waals surface area contributed by atoms with Gasteiger partial charge in [0.05, 0.1) is 6.10 Å². The predicted molar refractivity (Wildman–Crippen MR) is 55.5 cm³/mol. The zero-order chi connectivity index (χ0) is 9.97. The van der Waals surface area contributed by atoms with Crippen LogP contribution >= 0.6 is 0 Å². The molecule has 0 bridgehead atoms. The van der Waals surface area contributed by atoms with Crippen molar-refractivity contribution in [1.29, 1.82) is 0 Å². The van der Waals surface area contributed by atoms with Gasteiger partial charge in [0.25, 0.3) is 0 Å². The lowest BCUT2D eigenvalue weighted by Crippen LogP contribution is -2.25. The molecular weight excluding hydrogens is 176 g/mol. The highest BCUT2D eigenvalue weighted by molar-refractivity contribution is 5.32. The third kappa shape index (κ3) is 1.90. The molecule has 0 radical (unpaired) electrons. The quantitative estimate of drug-likeness (QED) is 0.779. The Bertz CT molecular complexity index is 309. The first-order valence-corrected chi connectivity index (χ1v) is 5.18. The molecule has 76 valence electrons. The van der Waals surface area contributed by atoms with Crippen molar-refractivity contribution < 1.29 is 9.84 Å². The first-order chi connectivity index (χ1) is 6.77. The van der Waals surface area contributed by atoms with E-state index in [-0.39, 0.29) is 12.2 Å². The summed E-state index contributed by atoms with van der Waals surface area (Å²) in [4.78, 5) is 0. The lowest BCUT2D eigenvalue weighted by Gasteiger charge is -2.18. The van der Waals surface area contributed by atoms with Crippen LogP contribution in [-0.4, -0.2) is 17.3 Å². The van der Waals surface area contributed by atoms with Crippen molar-refractivity contribution in [3.63, 3.8) is 0 Å². The van der Waals surface area contributed by atoms with Gasteiger partial charge in [0.15, 0.2) is 0 Å². The van der Waals surface area contributed by atoms with Crippen LogP contribution in [0.2, 0.25) is 0 Å². The van der Waals surface area contributed by atoms with Crippen molar-refractivity contribution in [1.82, 2.24) is 0 Å². The van der Waals surface area contributed by atoms with Gasteiger partial charge in [-0.3, -0.25) is 0 Å². The lowest BCUT2D eigenvalue weighted by atomic mass is 10.2. The van der Waals surface area contributed by atoms with Crippen molar-refractivity contribution in [2.45, 2.75) is 38.4 Å². The minimum Gasteiger partial charge on any atom is -0.487 e. The summed E-state index contributed by atoms with van der Waals surface area (Å²) in [7, 11) is 0. The van der Waals surface area contributed by atoms with Crippen LogP contribution in [0.3, 0.4) is 0 Å². The highest BCUT2D eigenvalue weighted by Crippen LogP contribution is 2.26. The van der Waals surface area contributed by atoms with Gasteiger partial charge in [-0.15, -0.1) is 0 Å². The third-order valence-corrected chi connectivity index (χ3v) is 2.79. The van der Waals surface area contributed by atoms with Crippen LogP contribution in [-0.2, 0) is 0 Å². The summed E-state index contributed by atoms with van der Waals surface area (Å²) in [6.07, 6.45) is 2.62. The summed E-state index contributed by atoms with van der Waals surface area (Å²) in [6, 6.07) is 7.94. The maximum absolute atomic E-state index is 9.62. The molecule has 1 aromatic rings. The first kappa shape index (κ1) is 9.53. The van der Waals surface area contributed by atoms with Crippen LogP contribution in [0.25, 0.3) is 0 Å². The van der Waals surface area contributed by atoms with E-state index in [1.165, 1.54) is 0 Å². The van der Waals surface area contributed by atoms with Gasteiger partial charge in [-0.25, -0.2) is 0 Å². The van der Waals surface area contributed by atoms with Gasteiger partial charge in [0.2, 0.25) is 0 Å². The zero-order valence-corrected chi connectivity index (χ0v) is 8.44. The van der Waals surface area contributed by atoms with Crippen molar-refractivity contribution in [2.75, 3.05) is 0 Å². The van der Waals surface area contributed by atoms with E-state index < -0.39 is 0 Å². The summed E-state index contributed by atoms with van der Waals surface area (Å²) in [5.41, 5.74) is 1.13. The van der Waals surface area contributed by atoms with E-state index >= 15 is 0 Å². The first-order valence-electron chi connectivity index (χ1n) is 5.18. The van der Waals surface area contributed by atoms with Gasteiger partial charge < -0.3 is 9.84 Å². The van der Waals surface area contributed by atoms with E-state index in [9.17, 15) is 5.11 Å². The Morgan fingerprint density at radius 3 is 2.71 bits per heavy atom. The Balaban J connectivity index is 2.07. The molecule has 0 aromatic heterocycles. The second kappa shape index (κ2) is 4.01. The normalized spacial score (nSPS) is 26.4. The molecule has 0 spiro atoms. The summed E-state index contributed by atoms with van der Waals surface area (Å²) >= 11 is 0. The maximum Gasteiger partial charge on any atom is 0.124 e. The molecular formula is C12H16O2. The second-order valence-corrected chi connectivity index (χ2v) is 3.92. The number of hydrogen-bond donors (Lipinski definition) is 1. The molecule has 1 fully saturated rings. The minimum atomic E-state index is -0.283. The monoisotopic (exact) mass is 192 g/mol. The fraction of sp³-hybridized carbons (Fsp3) is 0.500. The number of aliphatic hydroxyl groups excluding tert-OH is 1. The smallest absolute Gasteiger partial charge is 0.124 e. The molecule has 1 saturated carbocycles. The van der Waals surface area contributed by atoms with Crippen LogP contribution in [0.15, 0.2) is 24.3 Å². The Labute approximate surface area is 84.5 Å². The number of para-hydroxylation sites is 1. The Kier molecular flexibility index (Phi) is 2.73. The largest absolute Gasteiger partial charge is 0.487 e. The number of aryl methyl sites for hydroxylation is 1. The molecule has 0 unspecified atom stereocenters. The van der Waals surface area contributed by atoms with E-state index in [1.54, 1.807) is 0 Å².